The van der Waals surface area contributed by atoms with Crippen molar-refractivity contribution in [1.82, 2.24) is 4.98 Å². The minimum absolute atomic E-state index is 0.182. The quantitative estimate of drug-likeness (QED) is 0.810. The summed E-state index contributed by atoms with van der Waals surface area (Å²) in [6.07, 6.45) is 2.76. The zero-order chi connectivity index (χ0) is 13.6. The van der Waals surface area contributed by atoms with Gasteiger partial charge >= 0.3 is 0 Å². The summed E-state index contributed by atoms with van der Waals surface area (Å²) in [6, 6.07) is 3.47. The standard InChI is InChI=1S/C13H21N3O2/c1-4-13(14,5-2)12(17)16-10-7-8-11(15-9-10)18-6-3/h7-9H,4-6,14H2,1-3H3,(H,16,17). The molecule has 1 aromatic rings. The number of aromatic nitrogens is 1. The fourth-order valence-corrected chi connectivity index (χ4v) is 1.51. The van der Waals surface area contributed by atoms with E-state index in [1.807, 2.05) is 20.8 Å². The van der Waals surface area contributed by atoms with E-state index in [2.05, 4.69) is 10.3 Å². The second kappa shape index (κ2) is 6.35. The molecule has 18 heavy (non-hydrogen) atoms. The fraction of sp³-hybridized carbons (Fsp3) is 0.538. The maximum absolute atomic E-state index is 12.0. The zero-order valence-electron chi connectivity index (χ0n) is 11.2. The molecule has 0 aliphatic carbocycles. The number of rotatable bonds is 6. The number of hydrogen-bond donors (Lipinski definition) is 2. The molecule has 1 rings (SSSR count). The van der Waals surface area contributed by atoms with Gasteiger partial charge < -0.3 is 15.8 Å². The van der Waals surface area contributed by atoms with Crippen LogP contribution in [0.3, 0.4) is 0 Å². The summed E-state index contributed by atoms with van der Waals surface area (Å²) in [5.74, 6) is 0.360. The topological polar surface area (TPSA) is 77.2 Å². The van der Waals surface area contributed by atoms with E-state index in [4.69, 9.17) is 10.5 Å². The third kappa shape index (κ3) is 3.43. The van der Waals surface area contributed by atoms with E-state index in [0.717, 1.165) is 0 Å². The Morgan fingerprint density at radius 3 is 2.50 bits per heavy atom. The minimum Gasteiger partial charge on any atom is -0.478 e. The van der Waals surface area contributed by atoms with Crippen molar-refractivity contribution in [3.05, 3.63) is 18.3 Å². The first kappa shape index (κ1) is 14.4. The minimum atomic E-state index is -0.821. The largest absolute Gasteiger partial charge is 0.478 e. The van der Waals surface area contributed by atoms with Crippen LogP contribution in [0.15, 0.2) is 18.3 Å². The number of carbonyl (C=O) groups excluding carboxylic acids is 1. The first-order valence-corrected chi connectivity index (χ1v) is 6.25. The van der Waals surface area contributed by atoms with Crippen LogP contribution in [0.4, 0.5) is 5.69 Å². The number of carbonyl (C=O) groups is 1. The molecule has 0 atom stereocenters. The van der Waals surface area contributed by atoms with Crippen LogP contribution in [-0.4, -0.2) is 23.0 Å². The van der Waals surface area contributed by atoms with E-state index in [1.165, 1.54) is 0 Å². The summed E-state index contributed by atoms with van der Waals surface area (Å²) >= 11 is 0. The maximum Gasteiger partial charge on any atom is 0.244 e. The molecule has 0 fully saturated rings. The second-order valence-electron chi connectivity index (χ2n) is 4.14. The lowest BCUT2D eigenvalue weighted by Gasteiger charge is -2.25. The number of pyridine rings is 1. The molecule has 1 amide bonds. The molecule has 0 saturated heterocycles. The van der Waals surface area contributed by atoms with Crippen molar-refractivity contribution in [3.8, 4) is 5.88 Å². The molecule has 0 spiro atoms. The van der Waals surface area contributed by atoms with E-state index in [1.54, 1.807) is 18.3 Å². The summed E-state index contributed by atoms with van der Waals surface area (Å²) in [5, 5.41) is 2.77. The summed E-state index contributed by atoms with van der Waals surface area (Å²) in [7, 11) is 0. The van der Waals surface area contributed by atoms with E-state index < -0.39 is 5.54 Å². The lowest BCUT2D eigenvalue weighted by molar-refractivity contribution is -0.121. The van der Waals surface area contributed by atoms with Crippen molar-refractivity contribution in [2.24, 2.45) is 5.73 Å². The highest BCUT2D eigenvalue weighted by molar-refractivity contribution is 5.97. The Morgan fingerprint density at radius 1 is 1.39 bits per heavy atom. The first-order chi connectivity index (χ1) is 8.55. The molecule has 0 saturated carbocycles. The highest BCUT2D eigenvalue weighted by atomic mass is 16.5. The van der Waals surface area contributed by atoms with Gasteiger partial charge in [0.2, 0.25) is 11.8 Å². The maximum atomic E-state index is 12.0. The van der Waals surface area contributed by atoms with Crippen molar-refractivity contribution in [2.75, 3.05) is 11.9 Å². The summed E-state index contributed by atoms with van der Waals surface area (Å²) in [5.41, 5.74) is 5.81. The van der Waals surface area contributed by atoms with Gasteiger partial charge in [-0.05, 0) is 25.8 Å². The van der Waals surface area contributed by atoms with Crippen LogP contribution in [-0.2, 0) is 4.79 Å². The monoisotopic (exact) mass is 251 g/mol. The van der Waals surface area contributed by atoms with Crippen LogP contribution in [0, 0.1) is 0 Å². The SMILES string of the molecule is CCOc1ccc(NC(=O)C(N)(CC)CC)cn1. The number of nitrogens with one attached hydrogen (secondary N) is 1. The van der Waals surface area contributed by atoms with E-state index in [-0.39, 0.29) is 5.91 Å². The average molecular weight is 251 g/mol. The Hall–Kier alpha value is -1.62. The van der Waals surface area contributed by atoms with Crippen LogP contribution in [0.2, 0.25) is 0 Å². The molecule has 5 nitrogen and oxygen atoms in total. The van der Waals surface area contributed by atoms with E-state index >= 15 is 0 Å². The molecule has 5 heteroatoms. The third-order valence-electron chi connectivity index (χ3n) is 3.00. The predicted octanol–water partition coefficient (Wildman–Crippen LogP) is 1.94. The molecule has 0 unspecified atom stereocenters. The Balaban J connectivity index is 2.70. The first-order valence-electron chi connectivity index (χ1n) is 6.25. The number of nitrogens with two attached hydrogens (primary N) is 1. The number of amides is 1. The number of anilines is 1. The summed E-state index contributed by atoms with van der Waals surface area (Å²) in [4.78, 5) is 16.1. The van der Waals surface area contributed by atoms with Crippen molar-refractivity contribution in [3.63, 3.8) is 0 Å². The number of ether oxygens (including phenoxy) is 1. The molecule has 0 aromatic carbocycles. The van der Waals surface area contributed by atoms with Crippen molar-refractivity contribution < 1.29 is 9.53 Å². The zero-order valence-corrected chi connectivity index (χ0v) is 11.2. The van der Waals surface area contributed by atoms with Gasteiger partial charge in [-0.3, -0.25) is 4.79 Å². The molecule has 3 N–H and O–H groups in total. The van der Waals surface area contributed by atoms with Gasteiger partial charge in [0.15, 0.2) is 0 Å². The van der Waals surface area contributed by atoms with Crippen LogP contribution in [0.5, 0.6) is 5.88 Å². The fourth-order valence-electron chi connectivity index (χ4n) is 1.51. The Kier molecular flexibility index (Phi) is 5.09. The Labute approximate surface area is 108 Å². The van der Waals surface area contributed by atoms with Gasteiger partial charge in [0, 0.05) is 6.07 Å². The molecular weight excluding hydrogens is 230 g/mol. The van der Waals surface area contributed by atoms with Gasteiger partial charge in [-0.1, -0.05) is 13.8 Å². The highest BCUT2D eigenvalue weighted by Gasteiger charge is 2.29. The van der Waals surface area contributed by atoms with E-state index in [9.17, 15) is 4.79 Å². The van der Waals surface area contributed by atoms with Gasteiger partial charge in [0.1, 0.15) is 0 Å². The highest BCUT2D eigenvalue weighted by Crippen LogP contribution is 2.16. The van der Waals surface area contributed by atoms with Crippen LogP contribution in [0.25, 0.3) is 0 Å². The van der Waals surface area contributed by atoms with Gasteiger partial charge in [0.05, 0.1) is 24.0 Å². The van der Waals surface area contributed by atoms with Gasteiger partial charge in [-0.15, -0.1) is 0 Å². The van der Waals surface area contributed by atoms with Crippen LogP contribution < -0.4 is 15.8 Å². The van der Waals surface area contributed by atoms with Gasteiger partial charge in [0.25, 0.3) is 0 Å². The molecule has 0 bridgehead atoms. The molecule has 100 valence electrons. The molecule has 0 aliphatic rings. The lowest BCUT2D eigenvalue weighted by atomic mass is 9.93. The smallest absolute Gasteiger partial charge is 0.244 e. The van der Waals surface area contributed by atoms with Gasteiger partial charge in [-0.25, -0.2) is 4.98 Å². The normalized spacial score (nSPS) is 11.1. The molecule has 0 aliphatic heterocycles. The Morgan fingerprint density at radius 2 is 2.06 bits per heavy atom. The molecule has 1 aromatic heterocycles. The molecule has 0 radical (unpaired) electrons. The van der Waals surface area contributed by atoms with Crippen molar-refractivity contribution in [1.29, 1.82) is 0 Å². The second-order valence-corrected chi connectivity index (χ2v) is 4.14. The molecule has 1 heterocycles. The third-order valence-corrected chi connectivity index (χ3v) is 3.00. The molecular formula is C13H21N3O2. The predicted molar refractivity (Wildman–Crippen MR) is 71.5 cm³/mol. The van der Waals surface area contributed by atoms with Crippen LogP contribution >= 0.6 is 0 Å². The average Bonchev–Trinajstić information content (AvgIpc) is 2.40. The van der Waals surface area contributed by atoms with Crippen LogP contribution in [0.1, 0.15) is 33.6 Å². The van der Waals surface area contributed by atoms with E-state index in [0.29, 0.717) is 31.0 Å². The number of nitrogens with zero attached hydrogens (tertiary/aromatic N) is 1. The van der Waals surface area contributed by atoms with Gasteiger partial charge in [-0.2, -0.15) is 0 Å². The summed E-state index contributed by atoms with van der Waals surface area (Å²) in [6.45, 7) is 6.26. The Bertz CT molecular complexity index is 386. The van der Waals surface area contributed by atoms with Crippen molar-refractivity contribution in [2.45, 2.75) is 39.2 Å². The lowest BCUT2D eigenvalue weighted by Crippen LogP contribution is -2.50. The summed E-state index contributed by atoms with van der Waals surface area (Å²) < 4.78 is 5.23. The number of hydrogen-bond acceptors (Lipinski definition) is 4. The van der Waals surface area contributed by atoms with Crippen molar-refractivity contribution >= 4 is 11.6 Å².